The average molecular weight is 275 g/mol. The fraction of sp³-hybridized carbons (Fsp3) is 0.467. The summed E-state index contributed by atoms with van der Waals surface area (Å²) >= 11 is 0. The third kappa shape index (κ3) is 2.82. The van der Waals surface area contributed by atoms with E-state index in [0.717, 1.165) is 17.7 Å². The van der Waals surface area contributed by atoms with Crippen LogP contribution >= 0.6 is 0 Å². The van der Waals surface area contributed by atoms with E-state index in [9.17, 15) is 0 Å². The summed E-state index contributed by atoms with van der Waals surface area (Å²) in [6.07, 6.45) is 0.790. The van der Waals surface area contributed by atoms with Crippen LogP contribution in [0, 0.1) is 0 Å². The molecular weight excluding hydrogens is 254 g/mol. The van der Waals surface area contributed by atoms with E-state index in [1.165, 1.54) is 0 Å². The summed E-state index contributed by atoms with van der Waals surface area (Å²) in [5.74, 6) is 1.11. The highest BCUT2D eigenvalue weighted by molar-refractivity contribution is 5.58. The van der Waals surface area contributed by atoms with Gasteiger partial charge in [0, 0.05) is 24.9 Å². The van der Waals surface area contributed by atoms with Gasteiger partial charge in [0.25, 0.3) is 5.89 Å². The normalized spacial score (nSPS) is 14.0. The maximum absolute atomic E-state index is 5.76. The predicted octanol–water partition coefficient (Wildman–Crippen LogP) is 3.44. The van der Waals surface area contributed by atoms with Gasteiger partial charge >= 0.3 is 0 Å². The lowest BCUT2D eigenvalue weighted by Crippen LogP contribution is -2.26. The number of anilines is 1. The summed E-state index contributed by atoms with van der Waals surface area (Å²) in [5, 5.41) is 7.14. The predicted molar refractivity (Wildman–Crippen MR) is 78.5 cm³/mol. The topological polar surface area (TPSA) is 60.2 Å². The molecule has 0 saturated carbocycles. The van der Waals surface area contributed by atoms with Crippen molar-refractivity contribution in [3.05, 3.63) is 30.1 Å². The first-order valence-corrected chi connectivity index (χ1v) is 6.89. The lowest BCUT2D eigenvalue weighted by molar-refractivity contribution is -0.0403. The van der Waals surface area contributed by atoms with Gasteiger partial charge < -0.3 is 14.6 Å². The molecule has 1 aromatic carbocycles. The van der Waals surface area contributed by atoms with E-state index < -0.39 is 5.60 Å². The molecule has 0 aliphatic rings. The van der Waals surface area contributed by atoms with Crippen molar-refractivity contribution in [3.63, 3.8) is 0 Å². The molecule has 1 aromatic heterocycles. The highest BCUT2D eigenvalue weighted by Gasteiger charge is 2.31. The zero-order chi connectivity index (χ0) is 14.6. The fourth-order valence-electron chi connectivity index (χ4n) is 1.98. The number of hydrogen-bond donors (Lipinski definition) is 1. The van der Waals surface area contributed by atoms with Crippen molar-refractivity contribution in [2.45, 2.75) is 32.8 Å². The molecule has 0 radical (unpaired) electrons. The SMILES string of the molecule is CCOC(C)(CC)c1noc(-c2ccc(NC)cc2)n1. The minimum absolute atomic E-state index is 0.499. The molecule has 5 nitrogen and oxygen atoms in total. The molecule has 0 aliphatic carbocycles. The Morgan fingerprint density at radius 2 is 1.95 bits per heavy atom. The molecule has 1 N–H and O–H groups in total. The molecule has 1 unspecified atom stereocenters. The summed E-state index contributed by atoms with van der Waals surface area (Å²) < 4.78 is 11.1. The molecule has 108 valence electrons. The van der Waals surface area contributed by atoms with Crippen LogP contribution in [0.2, 0.25) is 0 Å². The number of aromatic nitrogens is 2. The minimum Gasteiger partial charge on any atom is -0.388 e. The van der Waals surface area contributed by atoms with Crippen LogP contribution in [0.1, 0.15) is 33.0 Å². The highest BCUT2D eigenvalue weighted by Crippen LogP contribution is 2.29. The van der Waals surface area contributed by atoms with E-state index in [1.54, 1.807) is 0 Å². The Kier molecular flexibility index (Phi) is 4.39. The monoisotopic (exact) mass is 275 g/mol. The van der Waals surface area contributed by atoms with Crippen LogP contribution in [0.5, 0.6) is 0 Å². The van der Waals surface area contributed by atoms with Crippen LogP contribution in [-0.2, 0) is 10.3 Å². The second-order valence-electron chi connectivity index (χ2n) is 4.77. The largest absolute Gasteiger partial charge is 0.388 e. The van der Waals surface area contributed by atoms with E-state index in [4.69, 9.17) is 9.26 Å². The van der Waals surface area contributed by atoms with Crippen LogP contribution < -0.4 is 5.32 Å². The molecular formula is C15H21N3O2. The van der Waals surface area contributed by atoms with Gasteiger partial charge in [-0.05, 0) is 44.5 Å². The smallest absolute Gasteiger partial charge is 0.258 e. The first-order valence-electron chi connectivity index (χ1n) is 6.89. The molecule has 0 bridgehead atoms. The molecule has 0 fully saturated rings. The third-order valence-electron chi connectivity index (χ3n) is 3.46. The summed E-state index contributed by atoms with van der Waals surface area (Å²) in [5.41, 5.74) is 1.44. The Morgan fingerprint density at radius 1 is 1.25 bits per heavy atom. The van der Waals surface area contributed by atoms with E-state index >= 15 is 0 Å². The van der Waals surface area contributed by atoms with Gasteiger partial charge in [-0.2, -0.15) is 4.98 Å². The van der Waals surface area contributed by atoms with Crippen molar-refractivity contribution in [2.24, 2.45) is 0 Å². The van der Waals surface area contributed by atoms with Crippen LogP contribution in [0.4, 0.5) is 5.69 Å². The van der Waals surface area contributed by atoms with Gasteiger partial charge in [0.2, 0.25) is 5.82 Å². The summed E-state index contributed by atoms with van der Waals surface area (Å²) in [6, 6.07) is 7.85. The Bertz CT molecular complexity index is 551. The maximum atomic E-state index is 5.76. The number of nitrogens with zero attached hydrogens (tertiary/aromatic N) is 2. The molecule has 20 heavy (non-hydrogen) atoms. The van der Waals surface area contributed by atoms with E-state index in [1.807, 2.05) is 52.1 Å². The van der Waals surface area contributed by atoms with Crippen molar-refractivity contribution in [2.75, 3.05) is 19.0 Å². The van der Waals surface area contributed by atoms with Crippen LogP contribution in [0.15, 0.2) is 28.8 Å². The van der Waals surface area contributed by atoms with Crippen molar-refractivity contribution >= 4 is 5.69 Å². The standard InChI is InChI=1S/C15H21N3O2/c1-5-15(3,19-6-2)14-17-13(20-18-14)11-7-9-12(16-4)10-8-11/h7-10,16H,5-6H2,1-4H3. The van der Waals surface area contributed by atoms with Gasteiger partial charge in [0.15, 0.2) is 0 Å². The highest BCUT2D eigenvalue weighted by atomic mass is 16.5. The van der Waals surface area contributed by atoms with E-state index in [2.05, 4.69) is 15.5 Å². The average Bonchev–Trinajstić information content (AvgIpc) is 2.98. The lowest BCUT2D eigenvalue weighted by Gasteiger charge is -2.23. The Hall–Kier alpha value is -1.88. The first kappa shape index (κ1) is 14.5. The van der Waals surface area contributed by atoms with Crippen LogP contribution in [-0.4, -0.2) is 23.8 Å². The quantitative estimate of drug-likeness (QED) is 0.875. The fourth-order valence-corrected chi connectivity index (χ4v) is 1.98. The number of benzene rings is 1. The lowest BCUT2D eigenvalue weighted by atomic mass is 10.0. The van der Waals surface area contributed by atoms with Gasteiger partial charge in [-0.1, -0.05) is 12.1 Å². The van der Waals surface area contributed by atoms with E-state index in [-0.39, 0.29) is 0 Å². The molecule has 0 saturated heterocycles. The third-order valence-corrected chi connectivity index (χ3v) is 3.46. The van der Waals surface area contributed by atoms with Crippen LogP contribution in [0.25, 0.3) is 11.5 Å². The van der Waals surface area contributed by atoms with Gasteiger partial charge in [0.05, 0.1) is 0 Å². The number of ether oxygens (including phenoxy) is 1. The van der Waals surface area contributed by atoms with Crippen LogP contribution in [0.3, 0.4) is 0 Å². The zero-order valence-electron chi connectivity index (χ0n) is 12.4. The summed E-state index contributed by atoms with van der Waals surface area (Å²) in [7, 11) is 1.88. The van der Waals surface area contributed by atoms with Gasteiger partial charge in [0.1, 0.15) is 5.60 Å². The summed E-state index contributed by atoms with van der Waals surface area (Å²) in [4.78, 5) is 4.47. The Labute approximate surface area is 119 Å². The molecule has 0 aliphatic heterocycles. The molecule has 1 atom stereocenters. The Balaban J connectivity index is 2.27. The van der Waals surface area contributed by atoms with Gasteiger partial charge in [-0.15, -0.1) is 0 Å². The van der Waals surface area contributed by atoms with Crippen molar-refractivity contribution in [3.8, 4) is 11.5 Å². The summed E-state index contributed by atoms with van der Waals surface area (Å²) in [6.45, 7) is 6.61. The van der Waals surface area contributed by atoms with E-state index in [0.29, 0.717) is 18.3 Å². The van der Waals surface area contributed by atoms with Crippen molar-refractivity contribution in [1.29, 1.82) is 0 Å². The molecule has 2 aromatic rings. The number of hydrogen-bond acceptors (Lipinski definition) is 5. The Morgan fingerprint density at radius 3 is 2.50 bits per heavy atom. The minimum atomic E-state index is -0.499. The number of nitrogens with one attached hydrogen (secondary N) is 1. The second-order valence-corrected chi connectivity index (χ2v) is 4.77. The molecule has 0 amide bonds. The van der Waals surface area contributed by atoms with Gasteiger partial charge in [-0.3, -0.25) is 0 Å². The maximum Gasteiger partial charge on any atom is 0.258 e. The van der Waals surface area contributed by atoms with Gasteiger partial charge in [-0.25, -0.2) is 0 Å². The molecule has 2 rings (SSSR count). The zero-order valence-corrected chi connectivity index (χ0v) is 12.4. The second kappa shape index (κ2) is 6.05. The molecule has 1 heterocycles. The molecule has 0 spiro atoms. The van der Waals surface area contributed by atoms with Crippen molar-refractivity contribution < 1.29 is 9.26 Å². The number of rotatable bonds is 6. The molecule has 5 heteroatoms. The van der Waals surface area contributed by atoms with Crippen molar-refractivity contribution in [1.82, 2.24) is 10.1 Å². The first-order chi connectivity index (χ1) is 9.62.